The van der Waals surface area contributed by atoms with Gasteiger partial charge in [-0.1, -0.05) is 116 Å². The van der Waals surface area contributed by atoms with Crippen LogP contribution in [0.2, 0.25) is 0 Å². The van der Waals surface area contributed by atoms with Gasteiger partial charge in [0.1, 0.15) is 11.2 Å². The van der Waals surface area contributed by atoms with E-state index in [2.05, 4.69) is 115 Å². The van der Waals surface area contributed by atoms with Crippen LogP contribution >= 0.6 is 8.24 Å². The van der Waals surface area contributed by atoms with Gasteiger partial charge in [-0.2, -0.15) is 0 Å². The predicted molar refractivity (Wildman–Crippen MR) is 167 cm³/mol. The molecule has 1 heterocycles. The maximum atomic E-state index is 6.85. The van der Waals surface area contributed by atoms with Gasteiger partial charge in [0.25, 0.3) is 0 Å². The molecule has 0 bridgehead atoms. The minimum absolute atomic E-state index is 0.0342. The van der Waals surface area contributed by atoms with Crippen LogP contribution in [0.1, 0.15) is 37.2 Å². The summed E-state index contributed by atoms with van der Waals surface area (Å²) in [5, 5.41) is 9.38. The van der Waals surface area contributed by atoms with Crippen molar-refractivity contribution in [3.63, 3.8) is 0 Å². The first-order valence-electron chi connectivity index (χ1n) is 14.2. The van der Waals surface area contributed by atoms with Crippen molar-refractivity contribution in [3.05, 3.63) is 121 Å². The van der Waals surface area contributed by atoms with Crippen LogP contribution in [-0.2, 0) is 0 Å². The molecule has 8 rings (SSSR count). The van der Waals surface area contributed by atoms with Crippen molar-refractivity contribution in [2.45, 2.75) is 37.7 Å². The third-order valence-corrected chi connectivity index (χ3v) is 9.64. The molecule has 6 aromatic carbocycles. The van der Waals surface area contributed by atoms with Gasteiger partial charge in [0, 0.05) is 16.7 Å². The van der Waals surface area contributed by atoms with Gasteiger partial charge >= 0.3 is 8.24 Å². The van der Waals surface area contributed by atoms with Crippen LogP contribution in [0.15, 0.2) is 124 Å². The van der Waals surface area contributed by atoms with Crippen molar-refractivity contribution in [2.24, 2.45) is 0 Å². The van der Waals surface area contributed by atoms with Crippen molar-refractivity contribution in [1.29, 1.82) is 0 Å². The molecule has 7 aromatic rings. The molecule has 1 aliphatic rings. The molecule has 1 aliphatic carbocycles. The molecule has 1 aromatic heterocycles. The van der Waals surface area contributed by atoms with Gasteiger partial charge < -0.3 is 8.39 Å². The fourth-order valence-electron chi connectivity index (χ4n) is 6.55. The van der Waals surface area contributed by atoms with Crippen LogP contribution in [0.3, 0.4) is 0 Å². The van der Waals surface area contributed by atoms with E-state index in [1.165, 1.54) is 33.5 Å². The number of hydrogen-bond donors (Lipinski definition) is 0. The summed E-state index contributed by atoms with van der Waals surface area (Å²) >= 11 is 0. The summed E-state index contributed by atoms with van der Waals surface area (Å²) < 4.78 is 20.2. The van der Waals surface area contributed by atoms with Crippen LogP contribution in [0.25, 0.3) is 54.3 Å². The van der Waals surface area contributed by atoms with Crippen molar-refractivity contribution >= 4 is 62.5 Å². The van der Waals surface area contributed by atoms with Crippen LogP contribution < -0.4 is 4.52 Å². The second kappa shape index (κ2) is 9.86. The standard InChI is InChI=1S/C36H29O3P/c1-2-12-27-23-28(18-17-24(27)9-1)29-13-7-8-16-32(29)37-40-38-33-21-19-25-10-3-5-14-30(25)35(33)36-31-15-6-4-11-26(31)20-22-34(36)39-40/h1-6,9-12,14-15,17-23,29,32H,7-8,13,16H2/t29-,32+/m0/s1. The summed E-state index contributed by atoms with van der Waals surface area (Å²) in [7, 11) is -1.66. The third-order valence-electron chi connectivity index (χ3n) is 8.50. The average molecular weight is 541 g/mol. The number of rotatable bonds is 3. The fourth-order valence-corrected chi connectivity index (χ4v) is 7.77. The van der Waals surface area contributed by atoms with E-state index in [1.807, 2.05) is 0 Å². The Morgan fingerprint density at radius 3 is 1.77 bits per heavy atom. The molecule has 1 saturated carbocycles. The highest BCUT2D eigenvalue weighted by Crippen LogP contribution is 2.43. The number of benzene rings is 6. The Kier molecular flexibility index (Phi) is 5.87. The topological polar surface area (TPSA) is 35.5 Å². The van der Waals surface area contributed by atoms with Gasteiger partial charge in [-0.05, 0) is 62.9 Å². The van der Waals surface area contributed by atoms with Gasteiger partial charge in [0.05, 0.1) is 6.10 Å². The van der Waals surface area contributed by atoms with Crippen molar-refractivity contribution < 1.29 is 12.9 Å². The summed E-state index contributed by atoms with van der Waals surface area (Å²) in [5.74, 6) is 0.309. The molecule has 0 radical (unpaired) electrons. The second-order valence-electron chi connectivity index (χ2n) is 10.9. The lowest BCUT2D eigenvalue weighted by molar-refractivity contribution is 0.172. The Bertz CT molecular complexity index is 1980. The molecular formula is C36H29O3P. The van der Waals surface area contributed by atoms with Gasteiger partial charge in [0.2, 0.25) is 0 Å². The highest BCUT2D eigenvalue weighted by atomic mass is 31.1. The minimum Gasteiger partial charge on any atom is -0.399 e. The summed E-state index contributed by atoms with van der Waals surface area (Å²) in [6.45, 7) is 0. The molecule has 196 valence electrons. The van der Waals surface area contributed by atoms with Gasteiger partial charge in [-0.15, -0.1) is 0 Å². The average Bonchev–Trinajstić information content (AvgIpc) is 3.18. The lowest BCUT2D eigenvalue weighted by atomic mass is 9.81. The van der Waals surface area contributed by atoms with Crippen LogP contribution in [-0.4, -0.2) is 6.10 Å². The van der Waals surface area contributed by atoms with E-state index in [1.54, 1.807) is 0 Å². The highest BCUT2D eigenvalue weighted by molar-refractivity contribution is 7.31. The largest absolute Gasteiger partial charge is 0.399 e. The van der Waals surface area contributed by atoms with E-state index < -0.39 is 8.24 Å². The lowest BCUT2D eigenvalue weighted by Crippen LogP contribution is -2.27. The van der Waals surface area contributed by atoms with E-state index in [0.717, 1.165) is 52.0 Å². The Labute approximate surface area is 233 Å². The normalized spacial score (nSPS) is 17.7. The Morgan fingerprint density at radius 1 is 0.550 bits per heavy atom. The first-order valence-corrected chi connectivity index (χ1v) is 15.3. The zero-order valence-electron chi connectivity index (χ0n) is 22.1. The zero-order chi connectivity index (χ0) is 26.5. The van der Waals surface area contributed by atoms with Gasteiger partial charge in [-0.3, -0.25) is 4.52 Å². The van der Waals surface area contributed by atoms with E-state index in [9.17, 15) is 0 Å². The van der Waals surface area contributed by atoms with E-state index in [-0.39, 0.29) is 6.10 Å². The molecule has 4 heteroatoms. The molecular weight excluding hydrogens is 511 g/mol. The number of hydrogen-bond acceptors (Lipinski definition) is 3. The summed E-state index contributed by atoms with van der Waals surface area (Å²) in [6.07, 6.45) is 4.50. The summed E-state index contributed by atoms with van der Waals surface area (Å²) in [4.78, 5) is 0. The monoisotopic (exact) mass is 540 g/mol. The molecule has 0 unspecified atom stereocenters. The molecule has 0 spiro atoms. The maximum Gasteiger partial charge on any atom is 0.387 e. The van der Waals surface area contributed by atoms with Gasteiger partial charge in [-0.25, -0.2) is 0 Å². The molecule has 0 aliphatic heterocycles. The van der Waals surface area contributed by atoms with E-state index in [4.69, 9.17) is 12.9 Å². The SMILES string of the molecule is c1ccc2cc([C@@H]3CCCC[C@H]3Op3oc4ccc5ccccc5c4c4c(ccc5ccccc54)o3)ccc2c1. The Morgan fingerprint density at radius 2 is 1.10 bits per heavy atom. The van der Waals surface area contributed by atoms with E-state index >= 15 is 0 Å². The smallest absolute Gasteiger partial charge is 0.387 e. The van der Waals surface area contributed by atoms with Gasteiger partial charge in [0.15, 0.2) is 0 Å². The van der Waals surface area contributed by atoms with Crippen molar-refractivity contribution in [3.8, 4) is 0 Å². The fraction of sp³-hybridized carbons (Fsp3) is 0.167. The second-order valence-corrected chi connectivity index (χ2v) is 11.9. The quantitative estimate of drug-likeness (QED) is 0.224. The first-order chi connectivity index (χ1) is 19.8. The maximum absolute atomic E-state index is 6.85. The Hall–Kier alpha value is -4.04. The zero-order valence-corrected chi connectivity index (χ0v) is 23.0. The molecule has 0 amide bonds. The van der Waals surface area contributed by atoms with Crippen LogP contribution in [0, 0.1) is 0 Å². The lowest BCUT2D eigenvalue weighted by Gasteiger charge is -2.30. The molecule has 1 fully saturated rings. The molecule has 3 nitrogen and oxygen atoms in total. The van der Waals surface area contributed by atoms with Crippen LogP contribution in [0.5, 0.6) is 0 Å². The van der Waals surface area contributed by atoms with Crippen molar-refractivity contribution in [1.82, 2.24) is 0 Å². The minimum atomic E-state index is -1.66. The van der Waals surface area contributed by atoms with Crippen LogP contribution in [0.4, 0.5) is 0 Å². The third kappa shape index (κ3) is 4.09. The molecule has 0 N–H and O–H groups in total. The predicted octanol–water partition coefficient (Wildman–Crippen LogP) is 10.9. The molecule has 0 saturated heterocycles. The van der Waals surface area contributed by atoms with Crippen molar-refractivity contribution in [2.75, 3.05) is 0 Å². The summed E-state index contributed by atoms with van der Waals surface area (Å²) in [5.41, 5.74) is 2.97. The highest BCUT2D eigenvalue weighted by Gasteiger charge is 2.29. The number of fused-ring (bicyclic) bond motifs is 8. The molecule has 2 atom stereocenters. The Balaban J connectivity index is 1.32. The van der Waals surface area contributed by atoms with E-state index in [0.29, 0.717) is 5.92 Å². The summed E-state index contributed by atoms with van der Waals surface area (Å²) in [6, 6.07) is 40.9. The molecule has 40 heavy (non-hydrogen) atoms. The first kappa shape index (κ1) is 23.8.